The molecule has 1 amide bonds. The summed E-state index contributed by atoms with van der Waals surface area (Å²) in [6.45, 7) is 1.35. The van der Waals surface area contributed by atoms with Gasteiger partial charge in [-0.25, -0.2) is 14.1 Å². The van der Waals surface area contributed by atoms with Gasteiger partial charge in [-0.3, -0.25) is 14.2 Å². The van der Waals surface area contributed by atoms with E-state index in [2.05, 4.69) is 34.3 Å². The fourth-order valence-corrected chi connectivity index (χ4v) is 4.41. The topological polar surface area (TPSA) is 73.0 Å². The lowest BCUT2D eigenvalue weighted by Crippen LogP contribution is -2.41. The fraction of sp³-hybridized carbons (Fsp3) is 0.280. The minimum Gasteiger partial charge on any atom is -0.341 e. The molecule has 4 aromatic rings. The number of benzene rings is 2. The number of hydrogen-bond donors (Lipinski definition) is 0. The maximum atomic E-state index is 13.2. The summed E-state index contributed by atoms with van der Waals surface area (Å²) < 4.78 is 16.0. The number of fused-ring (bicyclic) bond motifs is 1. The zero-order chi connectivity index (χ0) is 22.8. The highest BCUT2D eigenvalue weighted by molar-refractivity contribution is 5.78. The van der Waals surface area contributed by atoms with Crippen LogP contribution >= 0.6 is 0 Å². The second kappa shape index (κ2) is 8.97. The Bertz CT molecular complexity index is 1320. The van der Waals surface area contributed by atoms with Gasteiger partial charge >= 0.3 is 0 Å². The molecular formula is C25H24FN5O2. The summed E-state index contributed by atoms with van der Waals surface area (Å²) in [6, 6.07) is 16.2. The Labute approximate surface area is 190 Å². The number of likely N-dealkylation sites (tertiary alicyclic amines) is 1. The van der Waals surface area contributed by atoms with E-state index in [0.717, 1.165) is 19.3 Å². The molecule has 0 atom stereocenters. The van der Waals surface area contributed by atoms with E-state index in [1.165, 1.54) is 39.5 Å². The van der Waals surface area contributed by atoms with Crippen molar-refractivity contribution < 1.29 is 9.18 Å². The highest BCUT2D eigenvalue weighted by atomic mass is 19.1. The smallest absolute Gasteiger partial charge is 0.264 e. The van der Waals surface area contributed by atoms with Crippen LogP contribution in [-0.4, -0.2) is 43.2 Å². The Morgan fingerprint density at radius 3 is 2.48 bits per heavy atom. The Morgan fingerprint density at radius 1 is 1.03 bits per heavy atom. The molecule has 0 spiro atoms. The van der Waals surface area contributed by atoms with Crippen LogP contribution in [0.25, 0.3) is 16.7 Å². The van der Waals surface area contributed by atoms with Gasteiger partial charge in [-0.2, -0.15) is 5.10 Å². The fourth-order valence-electron chi connectivity index (χ4n) is 4.41. The summed E-state index contributed by atoms with van der Waals surface area (Å²) in [5.41, 5.74) is 1.98. The first-order chi connectivity index (χ1) is 16.1. The SMILES string of the molecule is O=C(Cn1cnc2c(cnn2-c2ccc(F)cc2)c1=O)N1CCC(Cc2ccccc2)CC1. The number of carbonyl (C=O) groups excluding carboxylic acids is 1. The molecule has 2 aromatic heterocycles. The predicted molar refractivity (Wildman–Crippen MR) is 123 cm³/mol. The van der Waals surface area contributed by atoms with Gasteiger partial charge in [0, 0.05) is 13.1 Å². The lowest BCUT2D eigenvalue weighted by Gasteiger charge is -2.32. The van der Waals surface area contributed by atoms with E-state index in [0.29, 0.717) is 35.7 Å². The van der Waals surface area contributed by atoms with Gasteiger partial charge in [0.1, 0.15) is 24.1 Å². The number of piperidine rings is 1. The molecule has 0 N–H and O–H groups in total. The van der Waals surface area contributed by atoms with Gasteiger partial charge < -0.3 is 4.90 Å². The average molecular weight is 445 g/mol. The van der Waals surface area contributed by atoms with Crippen molar-refractivity contribution in [3.8, 4) is 5.69 Å². The zero-order valence-electron chi connectivity index (χ0n) is 18.1. The molecule has 2 aromatic carbocycles. The molecule has 5 rings (SSSR count). The lowest BCUT2D eigenvalue weighted by atomic mass is 9.90. The van der Waals surface area contributed by atoms with Crippen LogP contribution < -0.4 is 5.56 Å². The molecule has 0 radical (unpaired) electrons. The Balaban J connectivity index is 1.26. The van der Waals surface area contributed by atoms with E-state index >= 15 is 0 Å². The van der Waals surface area contributed by atoms with Crippen molar-refractivity contribution in [2.75, 3.05) is 13.1 Å². The van der Waals surface area contributed by atoms with Crippen LogP contribution in [-0.2, 0) is 17.8 Å². The lowest BCUT2D eigenvalue weighted by molar-refractivity contribution is -0.133. The van der Waals surface area contributed by atoms with Gasteiger partial charge in [0.25, 0.3) is 5.56 Å². The number of halogens is 1. The van der Waals surface area contributed by atoms with Crippen molar-refractivity contribution in [2.45, 2.75) is 25.8 Å². The Kier molecular flexibility index (Phi) is 5.73. The average Bonchev–Trinajstić information content (AvgIpc) is 3.27. The van der Waals surface area contributed by atoms with Crippen molar-refractivity contribution in [1.82, 2.24) is 24.2 Å². The Hall–Kier alpha value is -3.81. The molecule has 0 aliphatic carbocycles. The summed E-state index contributed by atoms with van der Waals surface area (Å²) >= 11 is 0. The summed E-state index contributed by atoms with van der Waals surface area (Å²) in [7, 11) is 0. The number of rotatable bonds is 5. The molecule has 0 bridgehead atoms. The summed E-state index contributed by atoms with van der Waals surface area (Å²) in [4.78, 5) is 32.0. The first-order valence-corrected chi connectivity index (χ1v) is 11.1. The van der Waals surface area contributed by atoms with Gasteiger partial charge in [-0.05, 0) is 55.0 Å². The van der Waals surface area contributed by atoms with Crippen LogP contribution in [0.1, 0.15) is 18.4 Å². The van der Waals surface area contributed by atoms with E-state index in [9.17, 15) is 14.0 Å². The molecule has 1 aliphatic rings. The molecule has 0 unspecified atom stereocenters. The summed E-state index contributed by atoms with van der Waals surface area (Å²) in [5.74, 6) is 0.130. The number of amides is 1. The standard InChI is InChI=1S/C25H24FN5O2/c26-20-6-8-21(9-7-20)31-24-22(15-28-31)25(33)30(17-27-24)16-23(32)29-12-10-19(11-13-29)14-18-4-2-1-3-5-18/h1-9,15,17,19H,10-14,16H2. The van der Waals surface area contributed by atoms with Gasteiger partial charge in [-0.15, -0.1) is 0 Å². The number of aromatic nitrogens is 4. The molecule has 1 saturated heterocycles. The van der Waals surface area contributed by atoms with Gasteiger partial charge in [0.15, 0.2) is 5.65 Å². The Morgan fingerprint density at radius 2 is 1.76 bits per heavy atom. The molecule has 7 nitrogen and oxygen atoms in total. The number of nitrogens with zero attached hydrogens (tertiary/aromatic N) is 5. The number of carbonyl (C=O) groups is 1. The monoisotopic (exact) mass is 445 g/mol. The van der Waals surface area contributed by atoms with Gasteiger partial charge in [-0.1, -0.05) is 30.3 Å². The van der Waals surface area contributed by atoms with E-state index in [1.54, 1.807) is 12.1 Å². The minimum atomic E-state index is -0.354. The van der Waals surface area contributed by atoms with E-state index in [4.69, 9.17) is 0 Å². The van der Waals surface area contributed by atoms with Crippen LogP contribution in [0.15, 0.2) is 71.9 Å². The largest absolute Gasteiger partial charge is 0.341 e. The third kappa shape index (κ3) is 4.41. The first-order valence-electron chi connectivity index (χ1n) is 11.1. The van der Waals surface area contributed by atoms with Crippen molar-refractivity contribution in [3.63, 3.8) is 0 Å². The van der Waals surface area contributed by atoms with Crippen molar-refractivity contribution in [1.29, 1.82) is 0 Å². The van der Waals surface area contributed by atoms with Crippen molar-refractivity contribution >= 4 is 16.9 Å². The summed E-state index contributed by atoms with van der Waals surface area (Å²) in [6.07, 6.45) is 5.76. The molecule has 33 heavy (non-hydrogen) atoms. The molecular weight excluding hydrogens is 421 g/mol. The third-order valence-corrected chi connectivity index (χ3v) is 6.27. The predicted octanol–water partition coefficient (Wildman–Crippen LogP) is 3.20. The maximum absolute atomic E-state index is 13.2. The van der Waals surface area contributed by atoms with E-state index in [-0.39, 0.29) is 23.8 Å². The molecule has 3 heterocycles. The molecule has 168 valence electrons. The van der Waals surface area contributed by atoms with E-state index < -0.39 is 0 Å². The molecule has 1 aliphatic heterocycles. The highest BCUT2D eigenvalue weighted by Crippen LogP contribution is 2.22. The molecule has 0 saturated carbocycles. The zero-order valence-corrected chi connectivity index (χ0v) is 18.1. The molecule has 1 fully saturated rings. The summed E-state index contributed by atoms with van der Waals surface area (Å²) in [5, 5.41) is 4.55. The minimum absolute atomic E-state index is 0.0488. The molecule has 8 heteroatoms. The maximum Gasteiger partial charge on any atom is 0.264 e. The quantitative estimate of drug-likeness (QED) is 0.473. The second-order valence-electron chi connectivity index (χ2n) is 8.46. The van der Waals surface area contributed by atoms with E-state index in [1.807, 2.05) is 11.0 Å². The van der Waals surface area contributed by atoms with Crippen LogP contribution in [0, 0.1) is 11.7 Å². The normalized spacial score (nSPS) is 14.6. The van der Waals surface area contributed by atoms with Crippen molar-refractivity contribution in [2.24, 2.45) is 5.92 Å². The van der Waals surface area contributed by atoms with Crippen LogP contribution in [0.4, 0.5) is 4.39 Å². The van der Waals surface area contributed by atoms with Gasteiger partial charge in [0.2, 0.25) is 5.91 Å². The third-order valence-electron chi connectivity index (χ3n) is 6.27. The number of hydrogen-bond acceptors (Lipinski definition) is 4. The van der Waals surface area contributed by atoms with Crippen molar-refractivity contribution in [3.05, 3.63) is 88.9 Å². The second-order valence-corrected chi connectivity index (χ2v) is 8.46. The van der Waals surface area contributed by atoms with Crippen LogP contribution in [0.2, 0.25) is 0 Å². The highest BCUT2D eigenvalue weighted by Gasteiger charge is 2.23. The first kappa shape index (κ1) is 21.1. The van der Waals surface area contributed by atoms with Crippen LogP contribution in [0.5, 0.6) is 0 Å². The van der Waals surface area contributed by atoms with Gasteiger partial charge in [0.05, 0.1) is 11.9 Å². The van der Waals surface area contributed by atoms with Crippen LogP contribution in [0.3, 0.4) is 0 Å².